The molecule has 0 aromatic heterocycles. The molecule has 0 spiro atoms. The van der Waals surface area contributed by atoms with Crippen molar-refractivity contribution < 1.29 is 9.94 Å². The minimum absolute atomic E-state index is 0. The Bertz CT molecular complexity index is 171. The Hall–Kier alpha value is -0.810. The smallest absolute Gasteiger partial charge is 0.145 e. The number of amidine groups is 1. The lowest BCUT2D eigenvalue weighted by Gasteiger charge is -2.10. The fraction of sp³-hybridized carbons (Fsp3) is 0.714. The summed E-state index contributed by atoms with van der Waals surface area (Å²) in [5, 5.41) is 11.2. The van der Waals surface area contributed by atoms with Gasteiger partial charge >= 0.3 is 0 Å². The van der Waals surface area contributed by atoms with Gasteiger partial charge in [-0.3, -0.25) is 4.99 Å². The number of methoxy groups -OCH3 is 1. The number of aliphatic imine (C=N–C) groups is 1. The van der Waals surface area contributed by atoms with Gasteiger partial charge in [-0.1, -0.05) is 5.16 Å². The van der Waals surface area contributed by atoms with Crippen LogP contribution in [0.15, 0.2) is 10.1 Å². The summed E-state index contributed by atoms with van der Waals surface area (Å²) >= 11 is 0. The molecule has 0 atom stereocenters. The average Bonchev–Trinajstić information content (AvgIpc) is 2.03. The molecule has 0 bridgehead atoms. The van der Waals surface area contributed by atoms with E-state index in [9.17, 15) is 0 Å². The fourth-order valence-corrected chi connectivity index (χ4v) is 0.601. The molecule has 0 aliphatic carbocycles. The van der Waals surface area contributed by atoms with Gasteiger partial charge in [0.15, 0.2) is 0 Å². The van der Waals surface area contributed by atoms with E-state index in [1.54, 1.807) is 12.0 Å². The summed E-state index contributed by atoms with van der Waals surface area (Å²) in [7, 11) is 5.27. The van der Waals surface area contributed by atoms with Gasteiger partial charge in [0.25, 0.3) is 0 Å². The zero-order chi connectivity index (χ0) is 9.40. The lowest BCUT2D eigenvalue weighted by molar-refractivity contribution is 0.208. The number of nitrogens with zero attached hydrogens (tertiary/aromatic N) is 3. The van der Waals surface area contributed by atoms with Crippen molar-refractivity contribution in [3.63, 3.8) is 0 Å². The van der Waals surface area contributed by atoms with Crippen molar-refractivity contribution >= 4 is 24.5 Å². The lowest BCUT2D eigenvalue weighted by atomic mass is 10.5. The van der Waals surface area contributed by atoms with Gasteiger partial charge in [0.05, 0.1) is 13.2 Å². The van der Waals surface area contributed by atoms with Crippen molar-refractivity contribution in [2.75, 3.05) is 34.4 Å². The minimum atomic E-state index is 0. The predicted molar refractivity (Wildman–Crippen MR) is 55.4 cm³/mol. The van der Waals surface area contributed by atoms with Crippen LogP contribution in [0.3, 0.4) is 0 Å². The van der Waals surface area contributed by atoms with Crippen LogP contribution in [0, 0.1) is 0 Å². The number of oxime groups is 1. The summed E-state index contributed by atoms with van der Waals surface area (Å²) in [5.74, 6) is 0.620. The van der Waals surface area contributed by atoms with E-state index in [1.165, 1.54) is 6.21 Å². The van der Waals surface area contributed by atoms with Crippen molar-refractivity contribution in [1.29, 1.82) is 0 Å². The number of halogens is 1. The molecule has 0 fully saturated rings. The molecule has 0 radical (unpaired) electrons. The lowest BCUT2D eigenvalue weighted by Crippen LogP contribution is -2.24. The first-order valence-corrected chi connectivity index (χ1v) is 3.60. The van der Waals surface area contributed by atoms with Gasteiger partial charge in [-0.25, -0.2) is 0 Å². The maximum atomic E-state index is 8.27. The largest absolute Gasteiger partial charge is 0.411 e. The number of ether oxygens (including phenoxy) is 1. The van der Waals surface area contributed by atoms with Crippen molar-refractivity contribution in [3.05, 3.63) is 0 Å². The molecular weight excluding hydrogens is 194 g/mol. The Morgan fingerprint density at radius 3 is 2.54 bits per heavy atom. The Labute approximate surface area is 84.5 Å². The van der Waals surface area contributed by atoms with Crippen molar-refractivity contribution in [2.24, 2.45) is 10.1 Å². The molecule has 0 unspecified atom stereocenters. The fourth-order valence-electron chi connectivity index (χ4n) is 0.601. The Morgan fingerprint density at radius 2 is 2.15 bits per heavy atom. The molecule has 13 heavy (non-hydrogen) atoms. The monoisotopic (exact) mass is 209 g/mol. The number of hydrogen-bond donors (Lipinski definition) is 1. The summed E-state index contributed by atoms with van der Waals surface area (Å²) in [6.07, 6.45) is 1.29. The normalized spacial score (nSPS) is 11.5. The summed E-state index contributed by atoms with van der Waals surface area (Å²) < 4.78 is 4.82. The second-order valence-electron chi connectivity index (χ2n) is 2.37. The quantitative estimate of drug-likeness (QED) is 0.241. The molecule has 0 saturated carbocycles. The average molecular weight is 210 g/mol. The van der Waals surface area contributed by atoms with Gasteiger partial charge in [0, 0.05) is 21.2 Å². The van der Waals surface area contributed by atoms with Crippen LogP contribution >= 0.6 is 12.4 Å². The molecule has 0 aromatic rings. The van der Waals surface area contributed by atoms with Crippen LogP contribution in [-0.4, -0.2) is 56.5 Å². The van der Waals surface area contributed by atoms with Crippen LogP contribution in [0.4, 0.5) is 0 Å². The van der Waals surface area contributed by atoms with Crippen LogP contribution < -0.4 is 0 Å². The topological polar surface area (TPSA) is 57.4 Å². The van der Waals surface area contributed by atoms with Crippen LogP contribution in [0.1, 0.15) is 0 Å². The molecule has 5 nitrogen and oxygen atoms in total. The van der Waals surface area contributed by atoms with Gasteiger partial charge in [0.2, 0.25) is 0 Å². The molecule has 0 saturated heterocycles. The van der Waals surface area contributed by atoms with Gasteiger partial charge in [-0.2, -0.15) is 0 Å². The maximum absolute atomic E-state index is 8.27. The van der Waals surface area contributed by atoms with Gasteiger partial charge < -0.3 is 14.8 Å². The molecule has 0 amide bonds. The van der Waals surface area contributed by atoms with E-state index in [1.807, 2.05) is 14.1 Å². The molecule has 78 valence electrons. The summed E-state index contributed by atoms with van der Waals surface area (Å²) in [6.45, 7) is 1.13. The van der Waals surface area contributed by atoms with E-state index < -0.39 is 0 Å². The highest BCUT2D eigenvalue weighted by atomic mass is 35.5. The summed E-state index contributed by atoms with van der Waals surface area (Å²) in [4.78, 5) is 5.87. The van der Waals surface area contributed by atoms with Crippen LogP contribution in [0.2, 0.25) is 0 Å². The molecular formula is C7H16ClN3O2. The first kappa shape index (κ1) is 14.7. The predicted octanol–water partition coefficient (Wildman–Crippen LogP) is 0.475. The van der Waals surface area contributed by atoms with E-state index >= 15 is 0 Å². The van der Waals surface area contributed by atoms with Crippen LogP contribution in [-0.2, 0) is 4.74 Å². The molecule has 0 aliphatic heterocycles. The summed E-state index contributed by atoms with van der Waals surface area (Å²) in [6, 6.07) is 0. The van der Waals surface area contributed by atoms with Crippen molar-refractivity contribution in [1.82, 2.24) is 4.90 Å². The van der Waals surface area contributed by atoms with E-state index in [0.717, 1.165) is 0 Å². The Kier molecular flexibility index (Phi) is 10.5. The van der Waals surface area contributed by atoms with Crippen LogP contribution in [0.25, 0.3) is 0 Å². The molecule has 0 aromatic carbocycles. The molecule has 0 aliphatic rings. The third kappa shape index (κ3) is 7.55. The zero-order valence-corrected chi connectivity index (χ0v) is 8.91. The highest BCUT2D eigenvalue weighted by Gasteiger charge is 1.96. The summed E-state index contributed by atoms with van der Waals surface area (Å²) in [5.41, 5.74) is 0. The third-order valence-electron chi connectivity index (χ3n) is 1.20. The third-order valence-corrected chi connectivity index (χ3v) is 1.20. The van der Waals surface area contributed by atoms with Gasteiger partial charge in [0.1, 0.15) is 12.1 Å². The maximum Gasteiger partial charge on any atom is 0.145 e. The first-order chi connectivity index (χ1) is 5.72. The van der Waals surface area contributed by atoms with E-state index in [2.05, 4.69) is 10.1 Å². The van der Waals surface area contributed by atoms with Crippen molar-refractivity contribution in [3.8, 4) is 0 Å². The number of hydrogen-bond acceptors (Lipinski definition) is 4. The Morgan fingerprint density at radius 1 is 1.54 bits per heavy atom. The second kappa shape index (κ2) is 9.28. The van der Waals surface area contributed by atoms with Gasteiger partial charge in [-0.15, -0.1) is 12.4 Å². The van der Waals surface area contributed by atoms with E-state index in [-0.39, 0.29) is 12.4 Å². The van der Waals surface area contributed by atoms with Gasteiger partial charge in [-0.05, 0) is 0 Å². The SMILES string of the molecule is COCCN=C(C=NO)N(C)C.Cl. The standard InChI is InChI=1S/C7H15N3O2.ClH/c1-10(2)7(6-9-11)8-4-5-12-3;/h6,11H,4-5H2,1-3H3;1H. The second-order valence-corrected chi connectivity index (χ2v) is 2.37. The highest BCUT2D eigenvalue weighted by molar-refractivity contribution is 6.28. The Balaban J connectivity index is 0. The first-order valence-electron chi connectivity index (χ1n) is 3.60. The minimum Gasteiger partial charge on any atom is -0.411 e. The molecule has 0 heterocycles. The number of rotatable bonds is 4. The highest BCUT2D eigenvalue weighted by Crippen LogP contribution is 1.82. The van der Waals surface area contributed by atoms with E-state index in [0.29, 0.717) is 19.0 Å². The van der Waals surface area contributed by atoms with Crippen LogP contribution in [0.5, 0.6) is 0 Å². The van der Waals surface area contributed by atoms with E-state index in [4.69, 9.17) is 9.94 Å². The molecule has 0 rings (SSSR count). The molecule has 6 heteroatoms. The van der Waals surface area contributed by atoms with Crippen molar-refractivity contribution in [2.45, 2.75) is 0 Å². The zero-order valence-electron chi connectivity index (χ0n) is 8.10. The molecule has 1 N–H and O–H groups in total.